The predicted octanol–water partition coefficient (Wildman–Crippen LogP) is 1.26. The number of aliphatic carboxylic acids is 1. The zero-order valence-corrected chi connectivity index (χ0v) is 6.92. The van der Waals surface area contributed by atoms with E-state index in [4.69, 9.17) is 10.2 Å². The maximum Gasteiger partial charge on any atom is 0.306 e. The molecule has 0 aromatic rings. The lowest BCUT2D eigenvalue weighted by molar-refractivity contribution is -0.142. The number of rotatable bonds is 6. The van der Waals surface area contributed by atoms with Crippen LogP contribution in [0.2, 0.25) is 0 Å². The third-order valence-corrected chi connectivity index (χ3v) is 1.80. The molecular weight excluding hydrogens is 144 g/mol. The number of aliphatic hydroxyl groups excluding tert-OH is 1. The van der Waals surface area contributed by atoms with Gasteiger partial charge in [-0.15, -0.1) is 0 Å². The summed E-state index contributed by atoms with van der Waals surface area (Å²) < 4.78 is 0. The fourth-order valence-electron chi connectivity index (χ4n) is 1.00. The highest BCUT2D eigenvalue weighted by molar-refractivity contribution is 5.69. The third-order valence-electron chi connectivity index (χ3n) is 1.80. The molecule has 0 aliphatic rings. The molecular formula is C8H16O3. The molecule has 2 N–H and O–H groups in total. The van der Waals surface area contributed by atoms with Gasteiger partial charge in [-0.3, -0.25) is 4.79 Å². The summed E-state index contributed by atoms with van der Waals surface area (Å²) in [5.41, 5.74) is 0. The van der Waals surface area contributed by atoms with Gasteiger partial charge in [-0.2, -0.15) is 0 Å². The first-order valence-electron chi connectivity index (χ1n) is 4.06. The maximum absolute atomic E-state index is 10.5. The number of carboxylic acid groups (broad SMARTS) is 1. The fourth-order valence-corrected chi connectivity index (χ4v) is 1.00. The van der Waals surface area contributed by atoms with E-state index in [1.165, 1.54) is 0 Å². The minimum Gasteiger partial charge on any atom is -0.481 e. The fraction of sp³-hybridized carbons (Fsp3) is 0.875. The van der Waals surface area contributed by atoms with Gasteiger partial charge in [-0.1, -0.05) is 13.3 Å². The van der Waals surface area contributed by atoms with Crippen LogP contribution in [0, 0.1) is 5.92 Å². The topological polar surface area (TPSA) is 57.5 Å². The van der Waals surface area contributed by atoms with E-state index >= 15 is 0 Å². The van der Waals surface area contributed by atoms with Crippen molar-refractivity contribution in [3.05, 3.63) is 0 Å². The van der Waals surface area contributed by atoms with Gasteiger partial charge in [0, 0.05) is 6.61 Å². The van der Waals surface area contributed by atoms with E-state index in [1.54, 1.807) is 0 Å². The number of hydrogen-bond donors (Lipinski definition) is 2. The average molecular weight is 160 g/mol. The van der Waals surface area contributed by atoms with Crippen molar-refractivity contribution in [3.63, 3.8) is 0 Å². The SMILES string of the molecule is CCC(CCCCO)C(=O)O. The van der Waals surface area contributed by atoms with Crippen LogP contribution in [0.3, 0.4) is 0 Å². The number of carbonyl (C=O) groups is 1. The summed E-state index contributed by atoms with van der Waals surface area (Å²) in [6, 6.07) is 0. The van der Waals surface area contributed by atoms with Gasteiger partial charge in [0.25, 0.3) is 0 Å². The molecule has 0 aromatic carbocycles. The van der Waals surface area contributed by atoms with Crippen molar-refractivity contribution < 1.29 is 15.0 Å². The van der Waals surface area contributed by atoms with Crippen LogP contribution in [0.1, 0.15) is 32.6 Å². The van der Waals surface area contributed by atoms with E-state index in [2.05, 4.69) is 0 Å². The standard InChI is InChI=1S/C8H16O3/c1-2-7(8(10)11)5-3-4-6-9/h7,9H,2-6H2,1H3,(H,10,11). The highest BCUT2D eigenvalue weighted by Gasteiger charge is 2.13. The minimum absolute atomic E-state index is 0.163. The summed E-state index contributed by atoms with van der Waals surface area (Å²) in [5.74, 6) is -0.938. The molecule has 66 valence electrons. The molecule has 0 bridgehead atoms. The third kappa shape index (κ3) is 4.79. The van der Waals surface area contributed by atoms with Gasteiger partial charge >= 0.3 is 5.97 Å². The van der Waals surface area contributed by atoms with Crippen molar-refractivity contribution in [1.29, 1.82) is 0 Å². The molecule has 0 radical (unpaired) electrons. The molecule has 1 unspecified atom stereocenters. The average Bonchev–Trinajstić information content (AvgIpc) is 1.97. The van der Waals surface area contributed by atoms with Crippen molar-refractivity contribution in [3.8, 4) is 0 Å². The Balaban J connectivity index is 3.44. The number of unbranched alkanes of at least 4 members (excludes halogenated alkanes) is 1. The van der Waals surface area contributed by atoms with Crippen molar-refractivity contribution >= 4 is 5.97 Å². The summed E-state index contributed by atoms with van der Waals surface area (Å²) in [7, 11) is 0. The minimum atomic E-state index is -0.717. The predicted molar refractivity (Wildman–Crippen MR) is 42.4 cm³/mol. The molecule has 0 aliphatic heterocycles. The van der Waals surface area contributed by atoms with Crippen molar-refractivity contribution in [2.45, 2.75) is 32.6 Å². The summed E-state index contributed by atoms with van der Waals surface area (Å²) in [5, 5.41) is 17.1. The van der Waals surface area contributed by atoms with Gasteiger partial charge < -0.3 is 10.2 Å². The number of hydrogen-bond acceptors (Lipinski definition) is 2. The molecule has 1 atom stereocenters. The molecule has 0 heterocycles. The molecule has 3 heteroatoms. The second-order valence-electron chi connectivity index (χ2n) is 2.66. The van der Waals surface area contributed by atoms with E-state index in [9.17, 15) is 4.79 Å². The Kier molecular flexibility index (Phi) is 5.84. The van der Waals surface area contributed by atoms with Gasteiger partial charge in [0.15, 0.2) is 0 Å². The van der Waals surface area contributed by atoms with Crippen molar-refractivity contribution in [1.82, 2.24) is 0 Å². The van der Waals surface area contributed by atoms with Crippen LogP contribution in [0.25, 0.3) is 0 Å². The zero-order valence-electron chi connectivity index (χ0n) is 6.92. The van der Waals surface area contributed by atoms with Crippen LogP contribution in [-0.2, 0) is 4.79 Å². The summed E-state index contributed by atoms with van der Waals surface area (Å²) in [4.78, 5) is 10.5. The molecule has 0 fully saturated rings. The second-order valence-corrected chi connectivity index (χ2v) is 2.66. The number of aliphatic hydroxyl groups is 1. The summed E-state index contributed by atoms with van der Waals surface area (Å²) >= 11 is 0. The first-order valence-corrected chi connectivity index (χ1v) is 4.06. The Hall–Kier alpha value is -0.570. The highest BCUT2D eigenvalue weighted by Crippen LogP contribution is 2.11. The Morgan fingerprint density at radius 2 is 2.09 bits per heavy atom. The van der Waals surface area contributed by atoms with Gasteiger partial charge in [-0.05, 0) is 19.3 Å². The summed E-state index contributed by atoms with van der Waals surface area (Å²) in [6.07, 6.45) is 2.89. The lowest BCUT2D eigenvalue weighted by Crippen LogP contribution is -2.12. The lowest BCUT2D eigenvalue weighted by atomic mass is 10.00. The van der Waals surface area contributed by atoms with Crippen LogP contribution in [0.4, 0.5) is 0 Å². The Bertz CT molecular complexity index is 112. The quantitative estimate of drug-likeness (QED) is 0.575. The second kappa shape index (κ2) is 6.16. The Labute approximate surface area is 67.0 Å². The molecule has 0 spiro atoms. The Morgan fingerprint density at radius 1 is 1.45 bits per heavy atom. The van der Waals surface area contributed by atoms with Gasteiger partial charge in [0.2, 0.25) is 0 Å². The van der Waals surface area contributed by atoms with Crippen LogP contribution in [-0.4, -0.2) is 22.8 Å². The van der Waals surface area contributed by atoms with Gasteiger partial charge in [0.05, 0.1) is 5.92 Å². The molecule has 11 heavy (non-hydrogen) atoms. The first-order chi connectivity index (χ1) is 5.22. The highest BCUT2D eigenvalue weighted by atomic mass is 16.4. The van der Waals surface area contributed by atoms with E-state index < -0.39 is 5.97 Å². The van der Waals surface area contributed by atoms with Crippen molar-refractivity contribution in [2.24, 2.45) is 5.92 Å². The Morgan fingerprint density at radius 3 is 2.45 bits per heavy atom. The van der Waals surface area contributed by atoms with Gasteiger partial charge in [-0.25, -0.2) is 0 Å². The monoisotopic (exact) mass is 160 g/mol. The van der Waals surface area contributed by atoms with Crippen LogP contribution >= 0.6 is 0 Å². The van der Waals surface area contributed by atoms with E-state index in [-0.39, 0.29) is 12.5 Å². The maximum atomic E-state index is 10.5. The van der Waals surface area contributed by atoms with Crippen LogP contribution in [0.5, 0.6) is 0 Å². The van der Waals surface area contributed by atoms with Crippen LogP contribution < -0.4 is 0 Å². The van der Waals surface area contributed by atoms with Gasteiger partial charge in [0.1, 0.15) is 0 Å². The zero-order chi connectivity index (χ0) is 8.69. The molecule has 0 saturated carbocycles. The molecule has 3 nitrogen and oxygen atoms in total. The molecule has 0 rings (SSSR count). The largest absolute Gasteiger partial charge is 0.481 e. The van der Waals surface area contributed by atoms with E-state index in [1.807, 2.05) is 6.92 Å². The lowest BCUT2D eigenvalue weighted by Gasteiger charge is -2.07. The van der Waals surface area contributed by atoms with Crippen molar-refractivity contribution in [2.75, 3.05) is 6.61 Å². The normalized spacial score (nSPS) is 12.9. The van der Waals surface area contributed by atoms with E-state index in [0.29, 0.717) is 19.3 Å². The first kappa shape index (κ1) is 10.4. The smallest absolute Gasteiger partial charge is 0.306 e. The summed E-state index contributed by atoms with van der Waals surface area (Å²) in [6.45, 7) is 2.04. The van der Waals surface area contributed by atoms with Crippen LogP contribution in [0.15, 0.2) is 0 Å². The van der Waals surface area contributed by atoms with E-state index in [0.717, 1.165) is 6.42 Å². The molecule has 0 saturated heterocycles. The number of carboxylic acids is 1. The molecule has 0 aliphatic carbocycles. The molecule has 0 amide bonds. The molecule has 0 aromatic heterocycles.